The molecule has 0 amide bonds. The number of nitrogens with zero attached hydrogens (tertiary/aromatic N) is 2. The molecule has 0 atom stereocenters. The van der Waals surface area contributed by atoms with Crippen molar-refractivity contribution in [2.75, 3.05) is 18.8 Å². The standard InChI is InChI=1S/C16H14N4S.ClH.H2O/c17-12-4-1-10(2-5-12)16-20-13-6-3-11(9-14(13)21-16)15-18-7-8-19-15;;/h1-6,9H,7-8,17H2,(H,18,19);1H;1H2. The molecular formula is C16H17ClN4OS. The first kappa shape index (κ1) is 17.2. The number of halogens is 1. The van der Waals surface area contributed by atoms with Gasteiger partial charge in [-0.15, -0.1) is 23.7 Å². The second kappa shape index (κ2) is 6.95. The summed E-state index contributed by atoms with van der Waals surface area (Å²) in [5, 5.41) is 4.32. The molecule has 0 unspecified atom stereocenters. The lowest BCUT2D eigenvalue weighted by atomic mass is 10.2. The van der Waals surface area contributed by atoms with E-state index in [2.05, 4.69) is 28.5 Å². The molecule has 23 heavy (non-hydrogen) atoms. The van der Waals surface area contributed by atoms with Crippen LogP contribution in [0.3, 0.4) is 0 Å². The van der Waals surface area contributed by atoms with Gasteiger partial charge < -0.3 is 16.5 Å². The number of hydrogen-bond donors (Lipinski definition) is 2. The van der Waals surface area contributed by atoms with E-state index in [1.165, 1.54) is 4.70 Å². The highest BCUT2D eigenvalue weighted by Gasteiger charge is 2.11. The Morgan fingerprint density at radius 1 is 1.04 bits per heavy atom. The summed E-state index contributed by atoms with van der Waals surface area (Å²) in [5.74, 6) is 0.985. The number of anilines is 1. The fourth-order valence-corrected chi connectivity index (χ4v) is 3.42. The van der Waals surface area contributed by atoms with Gasteiger partial charge in [-0.3, -0.25) is 4.99 Å². The molecule has 0 aliphatic carbocycles. The Morgan fingerprint density at radius 3 is 2.48 bits per heavy atom. The molecule has 0 spiro atoms. The van der Waals surface area contributed by atoms with Crippen LogP contribution >= 0.6 is 23.7 Å². The Balaban J connectivity index is 0.000000960. The largest absolute Gasteiger partial charge is 0.412 e. The maximum absolute atomic E-state index is 5.73. The molecule has 0 saturated carbocycles. The Kier molecular flexibility index (Phi) is 5.20. The topological polar surface area (TPSA) is 94.8 Å². The van der Waals surface area contributed by atoms with Crippen LogP contribution in [0.25, 0.3) is 20.8 Å². The lowest BCUT2D eigenvalue weighted by Crippen LogP contribution is -2.19. The maximum atomic E-state index is 5.73. The van der Waals surface area contributed by atoms with Gasteiger partial charge in [0.1, 0.15) is 10.8 Å². The minimum absolute atomic E-state index is 0. The van der Waals surface area contributed by atoms with E-state index in [0.29, 0.717) is 0 Å². The summed E-state index contributed by atoms with van der Waals surface area (Å²) in [5.41, 5.74) is 9.76. The smallest absolute Gasteiger partial charge is 0.128 e. The van der Waals surface area contributed by atoms with Gasteiger partial charge in [0, 0.05) is 23.4 Å². The second-order valence-corrected chi connectivity index (χ2v) is 6.01. The van der Waals surface area contributed by atoms with Crippen molar-refractivity contribution in [2.45, 2.75) is 0 Å². The summed E-state index contributed by atoms with van der Waals surface area (Å²) in [7, 11) is 0. The van der Waals surface area contributed by atoms with Crippen LogP contribution in [0, 0.1) is 0 Å². The summed E-state index contributed by atoms with van der Waals surface area (Å²) in [6, 6.07) is 14.1. The van der Waals surface area contributed by atoms with Gasteiger partial charge in [-0.05, 0) is 42.5 Å². The van der Waals surface area contributed by atoms with Crippen molar-refractivity contribution < 1.29 is 5.48 Å². The predicted octanol–water partition coefficient (Wildman–Crippen LogP) is 2.49. The van der Waals surface area contributed by atoms with E-state index in [4.69, 9.17) is 10.7 Å². The first-order valence-corrected chi connectivity index (χ1v) is 7.66. The molecule has 0 saturated heterocycles. The van der Waals surface area contributed by atoms with Crippen LogP contribution in [0.5, 0.6) is 0 Å². The zero-order chi connectivity index (χ0) is 14.2. The number of aliphatic imine (C=N–C) groups is 1. The van der Waals surface area contributed by atoms with E-state index in [-0.39, 0.29) is 17.9 Å². The van der Waals surface area contributed by atoms with Crippen molar-refractivity contribution in [3.8, 4) is 10.6 Å². The fraction of sp³-hybridized carbons (Fsp3) is 0.125. The number of nitrogens with two attached hydrogens (primary N) is 1. The quantitative estimate of drug-likeness (QED) is 0.696. The van der Waals surface area contributed by atoms with Crippen LogP contribution in [0.1, 0.15) is 5.56 Å². The third kappa shape index (κ3) is 3.29. The number of rotatable bonds is 2. The molecule has 120 valence electrons. The van der Waals surface area contributed by atoms with Crippen LogP contribution in [0.15, 0.2) is 47.5 Å². The van der Waals surface area contributed by atoms with Crippen molar-refractivity contribution in [3.05, 3.63) is 48.0 Å². The summed E-state index contributed by atoms with van der Waals surface area (Å²) in [6.45, 7) is 1.78. The number of nitrogens with one attached hydrogen (secondary N) is 1. The number of nitrogen functional groups attached to an aromatic ring is 1. The van der Waals surface area contributed by atoms with Gasteiger partial charge >= 0.3 is 0 Å². The molecule has 5 N–H and O–H groups in total. The third-order valence-electron chi connectivity index (χ3n) is 3.49. The zero-order valence-electron chi connectivity index (χ0n) is 12.2. The summed E-state index contributed by atoms with van der Waals surface area (Å²) in [6.07, 6.45) is 0. The molecule has 4 rings (SSSR count). The zero-order valence-corrected chi connectivity index (χ0v) is 13.9. The van der Waals surface area contributed by atoms with Crippen LogP contribution < -0.4 is 11.1 Å². The Hall–Kier alpha value is -2.15. The Morgan fingerprint density at radius 2 is 1.78 bits per heavy atom. The Labute approximate surface area is 144 Å². The van der Waals surface area contributed by atoms with Gasteiger partial charge in [0.05, 0.1) is 16.8 Å². The highest BCUT2D eigenvalue weighted by Crippen LogP contribution is 2.31. The SMILES string of the molecule is Cl.Nc1ccc(-c2nc3ccc(C4=NCCN4)cc3s2)cc1.O. The van der Waals surface area contributed by atoms with Crippen molar-refractivity contribution >= 4 is 45.5 Å². The first-order valence-electron chi connectivity index (χ1n) is 6.85. The molecule has 1 aliphatic heterocycles. The number of thiazole rings is 1. The molecule has 5 nitrogen and oxygen atoms in total. The van der Waals surface area contributed by atoms with Gasteiger partial charge in [0.25, 0.3) is 0 Å². The average molecular weight is 349 g/mol. The van der Waals surface area contributed by atoms with E-state index in [1.54, 1.807) is 11.3 Å². The van der Waals surface area contributed by atoms with Gasteiger partial charge in [0.2, 0.25) is 0 Å². The van der Waals surface area contributed by atoms with Crippen LogP contribution in [0.4, 0.5) is 5.69 Å². The van der Waals surface area contributed by atoms with Crippen LogP contribution in [-0.4, -0.2) is 29.4 Å². The molecule has 2 aromatic carbocycles. The minimum atomic E-state index is 0. The molecule has 3 aromatic rings. The summed E-state index contributed by atoms with van der Waals surface area (Å²) >= 11 is 1.69. The van der Waals surface area contributed by atoms with E-state index < -0.39 is 0 Å². The molecule has 0 bridgehead atoms. The summed E-state index contributed by atoms with van der Waals surface area (Å²) in [4.78, 5) is 9.16. The summed E-state index contributed by atoms with van der Waals surface area (Å²) < 4.78 is 1.18. The number of benzene rings is 2. The highest BCUT2D eigenvalue weighted by atomic mass is 35.5. The van der Waals surface area contributed by atoms with Gasteiger partial charge in [-0.1, -0.05) is 0 Å². The molecule has 1 aromatic heterocycles. The van der Waals surface area contributed by atoms with Crippen molar-refractivity contribution in [2.24, 2.45) is 4.99 Å². The molecule has 2 heterocycles. The second-order valence-electron chi connectivity index (χ2n) is 4.98. The number of amidine groups is 1. The van der Waals surface area contributed by atoms with E-state index in [1.807, 2.05) is 24.3 Å². The fourth-order valence-electron chi connectivity index (χ4n) is 2.41. The van der Waals surface area contributed by atoms with E-state index >= 15 is 0 Å². The van der Waals surface area contributed by atoms with Gasteiger partial charge in [-0.25, -0.2) is 4.98 Å². The van der Waals surface area contributed by atoms with E-state index in [0.717, 1.165) is 46.3 Å². The minimum Gasteiger partial charge on any atom is -0.412 e. The first-order chi connectivity index (χ1) is 10.3. The molecule has 0 radical (unpaired) electrons. The lowest BCUT2D eigenvalue weighted by Gasteiger charge is -2.01. The molecular weight excluding hydrogens is 332 g/mol. The third-order valence-corrected chi connectivity index (χ3v) is 4.56. The van der Waals surface area contributed by atoms with E-state index in [9.17, 15) is 0 Å². The van der Waals surface area contributed by atoms with Crippen LogP contribution in [-0.2, 0) is 0 Å². The maximum Gasteiger partial charge on any atom is 0.128 e. The molecule has 1 aliphatic rings. The number of hydrogen-bond acceptors (Lipinski definition) is 5. The number of fused-ring (bicyclic) bond motifs is 1. The number of aromatic nitrogens is 1. The van der Waals surface area contributed by atoms with Gasteiger partial charge in [-0.2, -0.15) is 0 Å². The van der Waals surface area contributed by atoms with Gasteiger partial charge in [0.15, 0.2) is 0 Å². The predicted molar refractivity (Wildman–Crippen MR) is 99.7 cm³/mol. The monoisotopic (exact) mass is 348 g/mol. The van der Waals surface area contributed by atoms with Crippen molar-refractivity contribution in [3.63, 3.8) is 0 Å². The average Bonchev–Trinajstić information content (AvgIpc) is 3.16. The molecule has 7 heteroatoms. The normalized spacial score (nSPS) is 13.0. The highest BCUT2D eigenvalue weighted by molar-refractivity contribution is 7.21. The lowest BCUT2D eigenvalue weighted by molar-refractivity contribution is 0.824. The van der Waals surface area contributed by atoms with Crippen LogP contribution in [0.2, 0.25) is 0 Å². The molecule has 0 fully saturated rings. The Bertz CT molecular complexity index is 845. The van der Waals surface area contributed by atoms with Crippen molar-refractivity contribution in [1.82, 2.24) is 10.3 Å². The van der Waals surface area contributed by atoms with Crippen molar-refractivity contribution in [1.29, 1.82) is 0 Å².